The minimum Gasteiger partial charge on any atom is -0.497 e. The number of hydrogen-bond acceptors (Lipinski definition) is 4. The number of nitrogen functional groups attached to an aromatic ring is 1. The van der Waals surface area contributed by atoms with Gasteiger partial charge in [0.05, 0.1) is 7.11 Å². The molecular weight excluding hydrogens is 254 g/mol. The quantitative estimate of drug-likeness (QED) is 0.849. The van der Waals surface area contributed by atoms with Gasteiger partial charge >= 0.3 is 0 Å². The second-order valence-corrected chi connectivity index (χ2v) is 5.51. The van der Waals surface area contributed by atoms with E-state index < -0.39 is 0 Å². The lowest BCUT2D eigenvalue weighted by molar-refractivity contribution is 0.0635. The summed E-state index contributed by atoms with van der Waals surface area (Å²) in [6.45, 7) is 1.57. The molecule has 1 amide bonds. The highest BCUT2D eigenvalue weighted by Crippen LogP contribution is 2.22. The van der Waals surface area contributed by atoms with Crippen molar-refractivity contribution in [3.8, 4) is 5.75 Å². The standard InChI is InChI=1S/C15H23N3O2/c1-17(2)13-5-4-6-18(10-13)15(19)11-7-12(16)9-14(8-11)20-3/h7-9,13H,4-6,10,16H2,1-3H3. The number of likely N-dealkylation sites (tertiary alicyclic amines) is 1. The maximum atomic E-state index is 12.6. The number of rotatable bonds is 3. The second kappa shape index (κ2) is 6.13. The monoisotopic (exact) mass is 277 g/mol. The van der Waals surface area contributed by atoms with Crippen LogP contribution in [-0.4, -0.2) is 56.0 Å². The molecule has 0 bridgehead atoms. The molecule has 1 aromatic rings. The molecule has 1 fully saturated rings. The Bertz CT molecular complexity index is 488. The third kappa shape index (κ3) is 3.22. The van der Waals surface area contributed by atoms with Gasteiger partial charge in [-0.05, 0) is 39.1 Å². The van der Waals surface area contributed by atoms with Crippen LogP contribution in [0.2, 0.25) is 0 Å². The van der Waals surface area contributed by atoms with Crippen molar-refractivity contribution in [1.82, 2.24) is 9.80 Å². The van der Waals surface area contributed by atoms with Gasteiger partial charge in [0.2, 0.25) is 0 Å². The van der Waals surface area contributed by atoms with Gasteiger partial charge in [-0.25, -0.2) is 0 Å². The third-order valence-corrected chi connectivity index (χ3v) is 3.83. The Morgan fingerprint density at radius 3 is 2.80 bits per heavy atom. The smallest absolute Gasteiger partial charge is 0.254 e. The van der Waals surface area contributed by atoms with E-state index >= 15 is 0 Å². The zero-order chi connectivity index (χ0) is 14.7. The van der Waals surface area contributed by atoms with Gasteiger partial charge in [-0.2, -0.15) is 0 Å². The first-order valence-corrected chi connectivity index (χ1v) is 6.91. The van der Waals surface area contributed by atoms with Crippen LogP contribution in [0.3, 0.4) is 0 Å². The van der Waals surface area contributed by atoms with E-state index in [4.69, 9.17) is 10.5 Å². The summed E-state index contributed by atoms with van der Waals surface area (Å²) in [4.78, 5) is 16.7. The summed E-state index contributed by atoms with van der Waals surface area (Å²) in [5, 5.41) is 0. The molecule has 110 valence electrons. The van der Waals surface area contributed by atoms with Crippen molar-refractivity contribution in [2.45, 2.75) is 18.9 Å². The summed E-state index contributed by atoms with van der Waals surface area (Å²) < 4.78 is 5.17. The van der Waals surface area contributed by atoms with Gasteiger partial charge in [0.1, 0.15) is 5.75 Å². The normalized spacial score (nSPS) is 19.2. The maximum absolute atomic E-state index is 12.6. The van der Waals surface area contributed by atoms with Crippen molar-refractivity contribution in [3.63, 3.8) is 0 Å². The summed E-state index contributed by atoms with van der Waals surface area (Å²) in [5.41, 5.74) is 6.97. The van der Waals surface area contributed by atoms with Gasteiger partial charge in [-0.1, -0.05) is 0 Å². The number of carbonyl (C=O) groups is 1. The number of nitrogens with zero attached hydrogens (tertiary/aromatic N) is 2. The topological polar surface area (TPSA) is 58.8 Å². The van der Waals surface area contributed by atoms with Crippen LogP contribution in [0.4, 0.5) is 5.69 Å². The summed E-state index contributed by atoms with van der Waals surface area (Å²) >= 11 is 0. The molecule has 1 aliphatic heterocycles. The molecule has 0 radical (unpaired) electrons. The van der Waals surface area contributed by atoms with Crippen LogP contribution in [0.1, 0.15) is 23.2 Å². The predicted octanol–water partition coefficient (Wildman–Crippen LogP) is 1.44. The van der Waals surface area contributed by atoms with Gasteiger partial charge in [0, 0.05) is 36.4 Å². The predicted molar refractivity (Wildman–Crippen MR) is 80.0 cm³/mol. The molecule has 5 heteroatoms. The molecule has 1 heterocycles. The molecule has 1 saturated heterocycles. The first-order chi connectivity index (χ1) is 9.51. The zero-order valence-electron chi connectivity index (χ0n) is 12.4. The SMILES string of the molecule is COc1cc(N)cc(C(=O)N2CCCC(N(C)C)C2)c1. The number of piperidine rings is 1. The zero-order valence-corrected chi connectivity index (χ0v) is 12.4. The Kier molecular flexibility index (Phi) is 4.49. The van der Waals surface area contributed by atoms with Crippen LogP contribution in [0.5, 0.6) is 5.75 Å². The Labute approximate surface area is 120 Å². The molecule has 5 nitrogen and oxygen atoms in total. The van der Waals surface area contributed by atoms with Crippen molar-refractivity contribution in [2.75, 3.05) is 40.0 Å². The molecule has 1 aliphatic rings. The lowest BCUT2D eigenvalue weighted by Gasteiger charge is -2.36. The number of ether oxygens (including phenoxy) is 1. The van der Waals surface area contributed by atoms with E-state index in [0.717, 1.165) is 25.9 Å². The van der Waals surface area contributed by atoms with Crippen LogP contribution < -0.4 is 10.5 Å². The van der Waals surface area contributed by atoms with Gasteiger partial charge in [0.25, 0.3) is 5.91 Å². The molecule has 0 aliphatic carbocycles. The molecular formula is C15H23N3O2. The number of hydrogen-bond donors (Lipinski definition) is 1. The van der Waals surface area contributed by atoms with Crippen molar-refractivity contribution in [2.24, 2.45) is 0 Å². The van der Waals surface area contributed by atoms with Crippen LogP contribution >= 0.6 is 0 Å². The molecule has 2 N–H and O–H groups in total. The average Bonchev–Trinajstić information content (AvgIpc) is 2.45. The number of carbonyl (C=O) groups excluding carboxylic acids is 1. The number of methoxy groups -OCH3 is 1. The van der Waals surface area contributed by atoms with Crippen LogP contribution in [0.25, 0.3) is 0 Å². The van der Waals surface area contributed by atoms with Gasteiger partial charge in [0.15, 0.2) is 0 Å². The fourth-order valence-corrected chi connectivity index (χ4v) is 2.61. The van der Waals surface area contributed by atoms with E-state index in [1.54, 1.807) is 25.3 Å². The number of nitrogens with two attached hydrogens (primary N) is 1. The Balaban J connectivity index is 2.16. The molecule has 1 atom stereocenters. The second-order valence-electron chi connectivity index (χ2n) is 5.51. The lowest BCUT2D eigenvalue weighted by atomic mass is 10.0. The third-order valence-electron chi connectivity index (χ3n) is 3.83. The molecule has 1 unspecified atom stereocenters. The van der Waals surface area contributed by atoms with Gasteiger partial charge < -0.3 is 20.3 Å². The molecule has 1 aromatic carbocycles. The fraction of sp³-hybridized carbons (Fsp3) is 0.533. The summed E-state index contributed by atoms with van der Waals surface area (Å²) in [6.07, 6.45) is 2.17. The van der Waals surface area contributed by atoms with E-state index in [-0.39, 0.29) is 5.91 Å². The summed E-state index contributed by atoms with van der Waals surface area (Å²) in [5.74, 6) is 0.650. The Morgan fingerprint density at radius 1 is 1.40 bits per heavy atom. The molecule has 0 aromatic heterocycles. The molecule has 2 rings (SSSR count). The van der Waals surface area contributed by atoms with Crippen molar-refractivity contribution in [3.05, 3.63) is 23.8 Å². The van der Waals surface area contributed by atoms with Crippen LogP contribution in [-0.2, 0) is 0 Å². The number of amides is 1. The van der Waals surface area contributed by atoms with Crippen LogP contribution in [0, 0.1) is 0 Å². The lowest BCUT2D eigenvalue weighted by Crippen LogP contribution is -2.47. The van der Waals surface area contributed by atoms with E-state index in [0.29, 0.717) is 23.0 Å². The number of benzene rings is 1. The first kappa shape index (κ1) is 14.7. The highest BCUT2D eigenvalue weighted by molar-refractivity contribution is 5.95. The highest BCUT2D eigenvalue weighted by Gasteiger charge is 2.25. The van der Waals surface area contributed by atoms with Crippen molar-refractivity contribution in [1.29, 1.82) is 0 Å². The number of likely N-dealkylation sites (N-methyl/N-ethyl adjacent to an activating group) is 1. The molecule has 0 saturated carbocycles. The van der Waals surface area contributed by atoms with Gasteiger partial charge in [-0.15, -0.1) is 0 Å². The highest BCUT2D eigenvalue weighted by atomic mass is 16.5. The summed E-state index contributed by atoms with van der Waals surface area (Å²) in [7, 11) is 5.69. The van der Waals surface area contributed by atoms with Gasteiger partial charge in [-0.3, -0.25) is 4.79 Å². The van der Waals surface area contributed by atoms with Crippen molar-refractivity contribution < 1.29 is 9.53 Å². The number of anilines is 1. The largest absolute Gasteiger partial charge is 0.497 e. The van der Waals surface area contributed by atoms with E-state index in [2.05, 4.69) is 19.0 Å². The maximum Gasteiger partial charge on any atom is 0.254 e. The van der Waals surface area contributed by atoms with Crippen LogP contribution in [0.15, 0.2) is 18.2 Å². The molecule has 0 spiro atoms. The fourth-order valence-electron chi connectivity index (χ4n) is 2.61. The van der Waals surface area contributed by atoms with E-state index in [1.807, 2.05) is 4.90 Å². The minimum atomic E-state index is 0.0298. The first-order valence-electron chi connectivity index (χ1n) is 6.91. The van der Waals surface area contributed by atoms with E-state index in [1.165, 1.54) is 0 Å². The Hall–Kier alpha value is -1.75. The van der Waals surface area contributed by atoms with E-state index in [9.17, 15) is 4.79 Å². The Morgan fingerprint density at radius 2 is 2.15 bits per heavy atom. The molecule has 20 heavy (non-hydrogen) atoms. The summed E-state index contributed by atoms with van der Waals surface area (Å²) in [6, 6.07) is 5.60. The average molecular weight is 277 g/mol. The minimum absolute atomic E-state index is 0.0298. The van der Waals surface area contributed by atoms with Crippen molar-refractivity contribution >= 4 is 11.6 Å².